The van der Waals surface area contributed by atoms with Crippen molar-refractivity contribution in [2.24, 2.45) is 0 Å². The molecule has 0 bridgehead atoms. The van der Waals surface area contributed by atoms with E-state index in [1.807, 2.05) is 0 Å². The highest BCUT2D eigenvalue weighted by Crippen LogP contribution is 2.23. The molecule has 1 aromatic carbocycles. The molecule has 0 atom stereocenters. The summed E-state index contributed by atoms with van der Waals surface area (Å²) in [5, 5.41) is 0. The zero-order valence-corrected chi connectivity index (χ0v) is 12.9. The number of rotatable bonds is 8. The molecule has 0 fully saturated rings. The standard InChI is InChI=1S/C18H19FN2O2/c1-3-11-21(12-4-2)18(22)10-9-17-20-13-16(23-17)14-7-5-6-8-15(14)19/h3-8,13H,1-2,9-12H2. The minimum absolute atomic E-state index is 0.0320. The first kappa shape index (κ1) is 16.7. The summed E-state index contributed by atoms with van der Waals surface area (Å²) < 4.78 is 19.2. The number of carbonyl (C=O) groups excluding carboxylic acids is 1. The first-order chi connectivity index (χ1) is 11.2. The topological polar surface area (TPSA) is 46.3 Å². The summed E-state index contributed by atoms with van der Waals surface area (Å²) in [6, 6.07) is 6.33. The van der Waals surface area contributed by atoms with Crippen molar-refractivity contribution >= 4 is 5.91 Å². The van der Waals surface area contributed by atoms with E-state index < -0.39 is 0 Å². The molecule has 0 N–H and O–H groups in total. The summed E-state index contributed by atoms with van der Waals surface area (Å²) in [5.41, 5.74) is 0.359. The van der Waals surface area contributed by atoms with E-state index in [0.717, 1.165) is 0 Å². The zero-order chi connectivity index (χ0) is 16.7. The second-order valence-electron chi connectivity index (χ2n) is 4.97. The van der Waals surface area contributed by atoms with E-state index in [1.165, 1.54) is 12.3 Å². The van der Waals surface area contributed by atoms with E-state index >= 15 is 0 Å². The van der Waals surface area contributed by atoms with Gasteiger partial charge in [-0.1, -0.05) is 24.3 Å². The van der Waals surface area contributed by atoms with Crippen LogP contribution in [0.15, 0.2) is 60.2 Å². The van der Waals surface area contributed by atoms with Crippen LogP contribution in [0.1, 0.15) is 12.3 Å². The molecular weight excluding hydrogens is 295 g/mol. The quantitative estimate of drug-likeness (QED) is 0.699. The van der Waals surface area contributed by atoms with E-state index in [0.29, 0.717) is 36.7 Å². The Balaban J connectivity index is 1.99. The summed E-state index contributed by atoms with van der Waals surface area (Å²) in [6.45, 7) is 8.21. The molecule has 1 aromatic heterocycles. The molecule has 0 aliphatic carbocycles. The third-order valence-corrected chi connectivity index (χ3v) is 3.30. The van der Waals surface area contributed by atoms with Gasteiger partial charge in [-0.3, -0.25) is 4.79 Å². The predicted octanol–water partition coefficient (Wildman–Crippen LogP) is 3.61. The van der Waals surface area contributed by atoms with Crippen LogP contribution in [0.4, 0.5) is 4.39 Å². The van der Waals surface area contributed by atoms with Gasteiger partial charge in [-0.25, -0.2) is 9.37 Å². The SMILES string of the molecule is C=CCN(CC=C)C(=O)CCc1ncc(-c2ccccc2F)o1. The first-order valence-electron chi connectivity index (χ1n) is 7.35. The summed E-state index contributed by atoms with van der Waals surface area (Å²) in [6.07, 6.45) is 5.44. The van der Waals surface area contributed by atoms with Crippen molar-refractivity contribution in [3.8, 4) is 11.3 Å². The molecule has 0 spiro atoms. The Bertz CT molecular complexity index is 684. The summed E-state index contributed by atoms with van der Waals surface area (Å²) in [7, 11) is 0. The highest BCUT2D eigenvalue weighted by Gasteiger charge is 2.14. The van der Waals surface area contributed by atoms with Crippen molar-refractivity contribution in [3.05, 3.63) is 67.5 Å². The Labute approximate surface area is 134 Å². The second-order valence-corrected chi connectivity index (χ2v) is 4.97. The van der Waals surface area contributed by atoms with Crippen LogP contribution in [0.3, 0.4) is 0 Å². The number of oxazole rings is 1. The zero-order valence-electron chi connectivity index (χ0n) is 12.9. The minimum atomic E-state index is -0.366. The van der Waals surface area contributed by atoms with E-state index in [-0.39, 0.29) is 18.1 Å². The van der Waals surface area contributed by atoms with Crippen LogP contribution in [-0.4, -0.2) is 28.9 Å². The number of carbonyl (C=O) groups is 1. The Kier molecular flexibility index (Phi) is 5.86. The van der Waals surface area contributed by atoms with Gasteiger partial charge in [-0.05, 0) is 12.1 Å². The van der Waals surface area contributed by atoms with Crippen LogP contribution in [0.2, 0.25) is 0 Å². The number of benzene rings is 1. The van der Waals surface area contributed by atoms with E-state index in [4.69, 9.17) is 4.42 Å². The molecular formula is C18H19FN2O2. The number of aryl methyl sites for hydroxylation is 1. The first-order valence-corrected chi connectivity index (χ1v) is 7.35. The molecule has 1 amide bonds. The lowest BCUT2D eigenvalue weighted by atomic mass is 10.2. The Morgan fingerprint density at radius 2 is 1.96 bits per heavy atom. The van der Waals surface area contributed by atoms with Crippen molar-refractivity contribution in [1.82, 2.24) is 9.88 Å². The van der Waals surface area contributed by atoms with Gasteiger partial charge >= 0.3 is 0 Å². The summed E-state index contributed by atoms with van der Waals surface area (Å²) >= 11 is 0. The number of hydrogen-bond donors (Lipinski definition) is 0. The third kappa shape index (κ3) is 4.39. The fraction of sp³-hybridized carbons (Fsp3) is 0.222. The van der Waals surface area contributed by atoms with Crippen molar-refractivity contribution in [2.45, 2.75) is 12.8 Å². The average Bonchev–Trinajstić information content (AvgIpc) is 3.01. The lowest BCUT2D eigenvalue weighted by molar-refractivity contribution is -0.130. The van der Waals surface area contributed by atoms with Crippen LogP contribution >= 0.6 is 0 Å². The van der Waals surface area contributed by atoms with Gasteiger partial charge in [0.2, 0.25) is 5.91 Å². The monoisotopic (exact) mass is 314 g/mol. The third-order valence-electron chi connectivity index (χ3n) is 3.30. The highest BCUT2D eigenvalue weighted by atomic mass is 19.1. The van der Waals surface area contributed by atoms with E-state index in [1.54, 1.807) is 35.3 Å². The van der Waals surface area contributed by atoms with Gasteiger partial charge < -0.3 is 9.32 Å². The fourth-order valence-electron chi connectivity index (χ4n) is 2.17. The number of nitrogens with zero attached hydrogens (tertiary/aromatic N) is 2. The molecule has 0 radical (unpaired) electrons. The fourth-order valence-corrected chi connectivity index (χ4v) is 2.17. The average molecular weight is 314 g/mol. The van der Waals surface area contributed by atoms with Crippen molar-refractivity contribution in [2.75, 3.05) is 13.1 Å². The van der Waals surface area contributed by atoms with Crippen molar-refractivity contribution in [3.63, 3.8) is 0 Å². The van der Waals surface area contributed by atoms with Gasteiger partial charge in [0.05, 0.1) is 11.8 Å². The van der Waals surface area contributed by atoms with Crippen molar-refractivity contribution < 1.29 is 13.6 Å². The van der Waals surface area contributed by atoms with Crippen LogP contribution < -0.4 is 0 Å². The summed E-state index contributed by atoms with van der Waals surface area (Å²) in [4.78, 5) is 17.9. The maximum absolute atomic E-state index is 13.7. The lowest BCUT2D eigenvalue weighted by Gasteiger charge is -2.18. The molecule has 5 heteroatoms. The maximum Gasteiger partial charge on any atom is 0.223 e. The van der Waals surface area contributed by atoms with Gasteiger partial charge in [-0.2, -0.15) is 0 Å². The van der Waals surface area contributed by atoms with E-state index in [9.17, 15) is 9.18 Å². The molecule has 0 aliphatic heterocycles. The number of halogens is 1. The normalized spacial score (nSPS) is 10.3. The van der Waals surface area contributed by atoms with Crippen molar-refractivity contribution in [1.29, 1.82) is 0 Å². The molecule has 0 unspecified atom stereocenters. The highest BCUT2D eigenvalue weighted by molar-refractivity contribution is 5.76. The van der Waals surface area contributed by atoms with Gasteiger partial charge in [0, 0.05) is 25.9 Å². The van der Waals surface area contributed by atoms with Crippen LogP contribution in [-0.2, 0) is 11.2 Å². The molecule has 0 saturated heterocycles. The molecule has 120 valence electrons. The van der Waals surface area contributed by atoms with Gasteiger partial charge in [0.25, 0.3) is 0 Å². The molecule has 2 rings (SSSR count). The molecule has 1 heterocycles. The number of amides is 1. The molecule has 23 heavy (non-hydrogen) atoms. The Morgan fingerprint density at radius 3 is 2.61 bits per heavy atom. The van der Waals surface area contributed by atoms with Gasteiger partial charge in [0.15, 0.2) is 11.7 Å². The van der Waals surface area contributed by atoms with Gasteiger partial charge in [0.1, 0.15) is 5.82 Å². The van der Waals surface area contributed by atoms with Crippen LogP contribution in [0.25, 0.3) is 11.3 Å². The van der Waals surface area contributed by atoms with Crippen LogP contribution in [0.5, 0.6) is 0 Å². The maximum atomic E-state index is 13.7. The lowest BCUT2D eigenvalue weighted by Crippen LogP contribution is -2.31. The minimum Gasteiger partial charge on any atom is -0.441 e. The smallest absolute Gasteiger partial charge is 0.223 e. The van der Waals surface area contributed by atoms with Crippen LogP contribution in [0, 0.1) is 5.82 Å². The number of hydrogen-bond acceptors (Lipinski definition) is 3. The molecule has 4 nitrogen and oxygen atoms in total. The second kappa shape index (κ2) is 8.08. The largest absolute Gasteiger partial charge is 0.441 e. The molecule has 2 aromatic rings. The number of aromatic nitrogens is 1. The molecule has 0 aliphatic rings. The van der Waals surface area contributed by atoms with Gasteiger partial charge in [-0.15, -0.1) is 13.2 Å². The predicted molar refractivity (Wildman–Crippen MR) is 87.2 cm³/mol. The van der Waals surface area contributed by atoms with E-state index in [2.05, 4.69) is 18.1 Å². The molecule has 0 saturated carbocycles. The Morgan fingerprint density at radius 1 is 1.26 bits per heavy atom. The Hall–Kier alpha value is -2.69. The summed E-state index contributed by atoms with van der Waals surface area (Å²) in [5.74, 6) is 0.373.